The number of amides is 1. The molecule has 0 saturated carbocycles. The summed E-state index contributed by atoms with van der Waals surface area (Å²) in [6.07, 6.45) is 1.57. The normalized spacial score (nSPS) is 16.2. The summed E-state index contributed by atoms with van der Waals surface area (Å²) < 4.78 is 14.8. The molecule has 1 aliphatic heterocycles. The second-order valence-electron chi connectivity index (χ2n) is 7.09. The minimum Gasteiger partial charge on any atom is -0.330 e. The molecular weight excluding hydrogens is 393 g/mol. The summed E-state index contributed by atoms with van der Waals surface area (Å²) in [7, 11) is 0. The number of carbonyl (C=O) groups excluding carboxylic acids is 1. The molecule has 0 radical (unpaired) electrons. The number of carbonyl (C=O) groups is 1. The van der Waals surface area contributed by atoms with E-state index < -0.39 is 11.3 Å². The van der Waals surface area contributed by atoms with Gasteiger partial charge in [-0.25, -0.2) is 9.07 Å². The van der Waals surface area contributed by atoms with E-state index in [9.17, 15) is 14.0 Å². The summed E-state index contributed by atoms with van der Waals surface area (Å²) in [6.45, 7) is 2.28. The summed E-state index contributed by atoms with van der Waals surface area (Å²) in [4.78, 5) is 27.4. The fourth-order valence-electron chi connectivity index (χ4n) is 3.72. The fourth-order valence-corrected chi connectivity index (χ4v) is 3.84. The quantitative estimate of drug-likeness (QED) is 0.645. The maximum atomic E-state index is 13.3. The molecule has 2 heterocycles. The van der Waals surface area contributed by atoms with Crippen LogP contribution in [0.1, 0.15) is 40.6 Å². The van der Waals surface area contributed by atoms with Crippen molar-refractivity contribution < 1.29 is 9.18 Å². The van der Waals surface area contributed by atoms with Gasteiger partial charge in [-0.3, -0.25) is 9.59 Å². The zero-order chi connectivity index (χ0) is 20.5. The molecule has 0 unspecified atom stereocenters. The van der Waals surface area contributed by atoms with Crippen molar-refractivity contribution in [3.05, 3.63) is 92.6 Å². The van der Waals surface area contributed by atoms with E-state index in [1.807, 2.05) is 0 Å². The SMILES string of the molecule is Cc1cc(=O)c(C(=O)N2CCC[C@H]2c2ccc(F)cc2)nn1-c1ccc(Cl)cc1. The maximum absolute atomic E-state index is 13.3. The molecule has 3 aromatic rings. The van der Waals surface area contributed by atoms with Crippen LogP contribution in [0.3, 0.4) is 0 Å². The highest BCUT2D eigenvalue weighted by Crippen LogP contribution is 2.32. The van der Waals surface area contributed by atoms with Crippen LogP contribution in [0.25, 0.3) is 5.69 Å². The molecule has 0 aliphatic carbocycles. The molecule has 0 bridgehead atoms. The van der Waals surface area contributed by atoms with Gasteiger partial charge < -0.3 is 4.90 Å². The first-order chi connectivity index (χ1) is 13.9. The summed E-state index contributed by atoms with van der Waals surface area (Å²) >= 11 is 5.95. The van der Waals surface area contributed by atoms with Gasteiger partial charge in [-0.05, 0) is 61.7 Å². The van der Waals surface area contributed by atoms with Gasteiger partial charge in [0.2, 0.25) is 5.43 Å². The van der Waals surface area contributed by atoms with Crippen molar-refractivity contribution >= 4 is 17.5 Å². The van der Waals surface area contributed by atoms with Gasteiger partial charge in [0.25, 0.3) is 5.91 Å². The smallest absolute Gasteiger partial charge is 0.278 e. The van der Waals surface area contributed by atoms with E-state index in [1.54, 1.807) is 52.9 Å². The van der Waals surface area contributed by atoms with Gasteiger partial charge in [0, 0.05) is 23.3 Å². The lowest BCUT2D eigenvalue weighted by molar-refractivity contribution is 0.0726. The zero-order valence-electron chi connectivity index (χ0n) is 15.8. The van der Waals surface area contributed by atoms with E-state index in [-0.39, 0.29) is 17.6 Å². The van der Waals surface area contributed by atoms with E-state index >= 15 is 0 Å². The Bertz CT molecular complexity index is 1110. The minimum absolute atomic E-state index is 0.125. The van der Waals surface area contributed by atoms with Crippen LogP contribution in [0, 0.1) is 12.7 Å². The molecule has 1 aromatic heterocycles. The fraction of sp³-hybridized carbons (Fsp3) is 0.227. The highest BCUT2D eigenvalue weighted by Gasteiger charge is 2.32. The van der Waals surface area contributed by atoms with Crippen molar-refractivity contribution in [2.24, 2.45) is 0 Å². The first kappa shape index (κ1) is 19.3. The van der Waals surface area contributed by atoms with Gasteiger partial charge in [0.05, 0.1) is 11.7 Å². The predicted molar refractivity (Wildman–Crippen MR) is 109 cm³/mol. The Morgan fingerprint density at radius 2 is 1.83 bits per heavy atom. The second kappa shape index (κ2) is 7.79. The van der Waals surface area contributed by atoms with Gasteiger partial charge in [-0.15, -0.1) is 0 Å². The van der Waals surface area contributed by atoms with E-state index in [0.717, 1.165) is 18.4 Å². The number of halogens is 2. The average Bonchev–Trinajstić information content (AvgIpc) is 3.19. The molecule has 4 rings (SSSR count). The Kier molecular flexibility index (Phi) is 5.20. The Morgan fingerprint density at radius 1 is 1.14 bits per heavy atom. The van der Waals surface area contributed by atoms with Gasteiger partial charge in [0.15, 0.2) is 5.69 Å². The number of aryl methyl sites for hydroxylation is 1. The number of rotatable bonds is 3. The molecule has 1 aliphatic rings. The topological polar surface area (TPSA) is 55.2 Å². The number of hydrogen-bond donors (Lipinski definition) is 0. The van der Waals surface area contributed by atoms with Crippen molar-refractivity contribution in [1.29, 1.82) is 0 Å². The maximum Gasteiger partial charge on any atom is 0.278 e. The van der Waals surface area contributed by atoms with Gasteiger partial charge in [-0.2, -0.15) is 5.10 Å². The Hall–Kier alpha value is -2.99. The third-order valence-corrected chi connectivity index (χ3v) is 5.40. The second-order valence-corrected chi connectivity index (χ2v) is 7.53. The van der Waals surface area contributed by atoms with Crippen LogP contribution in [0.2, 0.25) is 5.02 Å². The van der Waals surface area contributed by atoms with Crippen LogP contribution in [-0.4, -0.2) is 27.1 Å². The van der Waals surface area contributed by atoms with Crippen molar-refractivity contribution in [2.75, 3.05) is 6.54 Å². The molecule has 1 saturated heterocycles. The van der Waals surface area contributed by atoms with Crippen LogP contribution in [-0.2, 0) is 0 Å². The van der Waals surface area contributed by atoms with Crippen LogP contribution in [0.15, 0.2) is 59.4 Å². The number of likely N-dealkylation sites (tertiary alicyclic amines) is 1. The van der Waals surface area contributed by atoms with E-state index in [2.05, 4.69) is 5.10 Å². The summed E-state index contributed by atoms with van der Waals surface area (Å²) in [5.74, 6) is -0.736. The number of aromatic nitrogens is 2. The Labute approximate surface area is 172 Å². The molecule has 148 valence electrons. The molecule has 29 heavy (non-hydrogen) atoms. The van der Waals surface area contributed by atoms with Crippen molar-refractivity contribution in [3.63, 3.8) is 0 Å². The number of hydrogen-bond acceptors (Lipinski definition) is 3. The zero-order valence-corrected chi connectivity index (χ0v) is 16.6. The third-order valence-electron chi connectivity index (χ3n) is 5.15. The predicted octanol–water partition coefficient (Wildman–Crippen LogP) is 4.31. The molecule has 5 nitrogen and oxygen atoms in total. The number of nitrogens with zero attached hydrogens (tertiary/aromatic N) is 3. The lowest BCUT2D eigenvalue weighted by Gasteiger charge is -2.25. The molecule has 1 amide bonds. The van der Waals surface area contributed by atoms with Crippen molar-refractivity contribution in [2.45, 2.75) is 25.8 Å². The standard InChI is InChI=1S/C22H19ClFN3O2/c1-14-13-20(28)21(25-27(14)18-10-6-16(23)7-11-18)22(29)26-12-2-3-19(26)15-4-8-17(24)9-5-15/h4-11,13,19H,2-3,12H2,1H3/t19-/m0/s1. The lowest BCUT2D eigenvalue weighted by Crippen LogP contribution is -2.36. The van der Waals surface area contributed by atoms with Gasteiger partial charge in [-0.1, -0.05) is 23.7 Å². The summed E-state index contributed by atoms with van der Waals surface area (Å²) in [5, 5.41) is 4.95. The van der Waals surface area contributed by atoms with Crippen molar-refractivity contribution in [3.8, 4) is 5.69 Å². The summed E-state index contributed by atoms with van der Waals surface area (Å²) in [5.41, 5.74) is 1.63. The molecule has 0 spiro atoms. The molecule has 1 atom stereocenters. The molecule has 2 aromatic carbocycles. The Balaban J connectivity index is 1.71. The highest BCUT2D eigenvalue weighted by atomic mass is 35.5. The Morgan fingerprint density at radius 3 is 2.52 bits per heavy atom. The molecular formula is C22H19ClFN3O2. The lowest BCUT2D eigenvalue weighted by atomic mass is 10.0. The van der Waals surface area contributed by atoms with E-state index in [0.29, 0.717) is 22.9 Å². The van der Waals surface area contributed by atoms with Crippen LogP contribution < -0.4 is 5.43 Å². The van der Waals surface area contributed by atoms with Crippen LogP contribution in [0.5, 0.6) is 0 Å². The van der Waals surface area contributed by atoms with E-state index in [4.69, 9.17) is 11.6 Å². The average molecular weight is 412 g/mol. The van der Waals surface area contributed by atoms with E-state index in [1.165, 1.54) is 18.2 Å². The third kappa shape index (κ3) is 3.80. The first-order valence-corrected chi connectivity index (χ1v) is 9.75. The molecule has 7 heteroatoms. The first-order valence-electron chi connectivity index (χ1n) is 9.37. The van der Waals surface area contributed by atoms with Crippen molar-refractivity contribution in [1.82, 2.24) is 14.7 Å². The van der Waals surface area contributed by atoms with Crippen LogP contribution in [0.4, 0.5) is 4.39 Å². The summed E-state index contributed by atoms with van der Waals surface area (Å²) in [6, 6.07) is 14.3. The molecule has 0 N–H and O–H groups in total. The van der Waals surface area contributed by atoms with Crippen LogP contribution >= 0.6 is 11.6 Å². The highest BCUT2D eigenvalue weighted by molar-refractivity contribution is 6.30. The number of benzene rings is 2. The van der Waals surface area contributed by atoms with Gasteiger partial charge in [0.1, 0.15) is 5.82 Å². The monoisotopic (exact) mass is 411 g/mol. The molecule has 1 fully saturated rings. The minimum atomic E-state index is -0.414. The largest absolute Gasteiger partial charge is 0.330 e. The van der Waals surface area contributed by atoms with Gasteiger partial charge >= 0.3 is 0 Å².